The molecule has 1 aliphatic carbocycles. The second-order valence-corrected chi connectivity index (χ2v) is 6.85. The Morgan fingerprint density at radius 1 is 1.21 bits per heavy atom. The van der Waals surface area contributed by atoms with Crippen molar-refractivity contribution in [3.63, 3.8) is 0 Å². The Morgan fingerprint density at radius 3 is 2.42 bits per heavy atom. The fourth-order valence-corrected chi connectivity index (χ4v) is 3.46. The lowest BCUT2D eigenvalue weighted by molar-refractivity contribution is 0.250. The molecule has 4 nitrogen and oxygen atoms in total. The number of hydrogen-bond donors (Lipinski definition) is 1. The fourth-order valence-electron chi connectivity index (χ4n) is 2.62. The van der Waals surface area contributed by atoms with Crippen LogP contribution < -0.4 is 9.88 Å². The number of rotatable bonds is 4. The third kappa shape index (κ3) is 3.28. The van der Waals surface area contributed by atoms with Crippen molar-refractivity contribution in [2.45, 2.75) is 44.4 Å². The first kappa shape index (κ1) is 14.3. The predicted molar refractivity (Wildman–Crippen MR) is 74.7 cm³/mol. The van der Waals surface area contributed by atoms with E-state index in [4.69, 9.17) is 9.88 Å². The van der Waals surface area contributed by atoms with Gasteiger partial charge in [-0.15, -0.1) is 0 Å². The summed E-state index contributed by atoms with van der Waals surface area (Å²) in [6.45, 7) is 4.35. The van der Waals surface area contributed by atoms with Gasteiger partial charge in [-0.25, -0.2) is 13.6 Å². The van der Waals surface area contributed by atoms with Crippen LogP contribution in [0.15, 0.2) is 17.0 Å². The summed E-state index contributed by atoms with van der Waals surface area (Å²) in [5.74, 6) is 1.40. The van der Waals surface area contributed by atoms with Crippen molar-refractivity contribution in [2.24, 2.45) is 11.1 Å². The van der Waals surface area contributed by atoms with Crippen LogP contribution in [-0.4, -0.2) is 15.0 Å². The van der Waals surface area contributed by atoms with Gasteiger partial charge in [0.15, 0.2) is 0 Å². The molecule has 19 heavy (non-hydrogen) atoms. The summed E-state index contributed by atoms with van der Waals surface area (Å²) < 4.78 is 28.7. The van der Waals surface area contributed by atoms with Gasteiger partial charge in [0.05, 0.1) is 11.5 Å². The van der Waals surface area contributed by atoms with Crippen molar-refractivity contribution in [1.82, 2.24) is 0 Å². The minimum atomic E-state index is -3.66. The maximum atomic E-state index is 11.4. The van der Waals surface area contributed by atoms with E-state index in [1.807, 2.05) is 6.92 Å². The fraction of sp³-hybridized carbons (Fsp3) is 0.571. The smallest absolute Gasteiger partial charge is 0.238 e. The minimum Gasteiger partial charge on any atom is -0.493 e. The number of hydrogen-bond acceptors (Lipinski definition) is 3. The molecule has 0 bridgehead atoms. The van der Waals surface area contributed by atoms with Crippen LogP contribution in [0.2, 0.25) is 0 Å². The number of nitrogens with two attached hydrogens (primary N) is 1. The Morgan fingerprint density at radius 2 is 1.84 bits per heavy atom. The molecule has 1 saturated carbocycles. The lowest BCUT2D eigenvalue weighted by Gasteiger charge is -2.16. The van der Waals surface area contributed by atoms with Crippen LogP contribution in [0.1, 0.15) is 36.8 Å². The molecule has 0 aliphatic heterocycles. The maximum absolute atomic E-state index is 11.4. The van der Waals surface area contributed by atoms with Crippen molar-refractivity contribution in [3.05, 3.63) is 23.3 Å². The summed E-state index contributed by atoms with van der Waals surface area (Å²) in [6.07, 6.45) is 5.04. The molecule has 1 aromatic carbocycles. The Hall–Kier alpha value is -1.07. The van der Waals surface area contributed by atoms with E-state index in [0.29, 0.717) is 11.5 Å². The van der Waals surface area contributed by atoms with Gasteiger partial charge in [0.25, 0.3) is 0 Å². The second kappa shape index (κ2) is 5.51. The molecule has 0 heterocycles. The minimum absolute atomic E-state index is 0.179. The van der Waals surface area contributed by atoms with Gasteiger partial charge in [0, 0.05) is 0 Å². The molecule has 5 heteroatoms. The largest absolute Gasteiger partial charge is 0.493 e. The van der Waals surface area contributed by atoms with Crippen molar-refractivity contribution in [1.29, 1.82) is 0 Å². The first-order valence-corrected chi connectivity index (χ1v) is 8.20. The van der Waals surface area contributed by atoms with Crippen LogP contribution in [0.3, 0.4) is 0 Å². The number of benzene rings is 1. The van der Waals surface area contributed by atoms with E-state index in [0.717, 1.165) is 17.9 Å². The molecule has 0 atom stereocenters. The quantitative estimate of drug-likeness (QED) is 0.923. The van der Waals surface area contributed by atoms with Gasteiger partial charge in [0.1, 0.15) is 5.75 Å². The zero-order chi connectivity index (χ0) is 14.0. The molecule has 0 aromatic heterocycles. The van der Waals surface area contributed by atoms with E-state index >= 15 is 0 Å². The summed E-state index contributed by atoms with van der Waals surface area (Å²) in [5, 5.41) is 5.18. The SMILES string of the molecule is Cc1c(OCC2CCCC2)ccc(S(N)(=O)=O)c1C. The molecule has 2 N–H and O–H groups in total. The van der Waals surface area contributed by atoms with E-state index in [9.17, 15) is 8.42 Å². The zero-order valence-corrected chi connectivity index (χ0v) is 12.3. The van der Waals surface area contributed by atoms with Crippen molar-refractivity contribution < 1.29 is 13.2 Å². The summed E-state index contributed by atoms with van der Waals surface area (Å²) in [7, 11) is -3.66. The van der Waals surface area contributed by atoms with Crippen LogP contribution in [0.25, 0.3) is 0 Å². The molecule has 0 spiro atoms. The van der Waals surface area contributed by atoms with Crippen molar-refractivity contribution >= 4 is 10.0 Å². The van der Waals surface area contributed by atoms with Crippen LogP contribution in [0.4, 0.5) is 0 Å². The molecular formula is C14H21NO3S. The van der Waals surface area contributed by atoms with Gasteiger partial charge in [-0.3, -0.25) is 0 Å². The second-order valence-electron chi connectivity index (χ2n) is 5.32. The van der Waals surface area contributed by atoms with E-state index in [-0.39, 0.29) is 4.90 Å². The monoisotopic (exact) mass is 283 g/mol. The Balaban J connectivity index is 2.16. The molecule has 1 fully saturated rings. The highest BCUT2D eigenvalue weighted by molar-refractivity contribution is 7.89. The third-order valence-electron chi connectivity index (χ3n) is 3.94. The molecule has 1 aliphatic rings. The van der Waals surface area contributed by atoms with E-state index in [1.165, 1.54) is 31.7 Å². The lowest BCUT2D eigenvalue weighted by Crippen LogP contribution is -2.15. The molecule has 106 valence electrons. The van der Waals surface area contributed by atoms with E-state index in [2.05, 4.69) is 0 Å². The summed E-state index contributed by atoms with van der Waals surface area (Å²) >= 11 is 0. The first-order chi connectivity index (χ1) is 8.89. The van der Waals surface area contributed by atoms with Gasteiger partial charge in [-0.1, -0.05) is 12.8 Å². The van der Waals surface area contributed by atoms with Crippen molar-refractivity contribution in [3.8, 4) is 5.75 Å². The molecule has 0 unspecified atom stereocenters. The van der Waals surface area contributed by atoms with E-state index < -0.39 is 10.0 Å². The van der Waals surface area contributed by atoms with Crippen LogP contribution in [0, 0.1) is 19.8 Å². The van der Waals surface area contributed by atoms with Crippen LogP contribution >= 0.6 is 0 Å². The maximum Gasteiger partial charge on any atom is 0.238 e. The molecule has 1 aromatic rings. The summed E-state index contributed by atoms with van der Waals surface area (Å²) in [5.41, 5.74) is 1.52. The number of primary sulfonamides is 1. The number of sulfonamides is 1. The Bertz CT molecular complexity index is 560. The predicted octanol–water partition coefficient (Wildman–Crippen LogP) is 2.52. The molecule has 0 amide bonds. The standard InChI is InChI=1S/C14H21NO3S/c1-10-11(2)14(19(15,16)17)8-7-13(10)18-9-12-5-3-4-6-12/h7-8,12H,3-6,9H2,1-2H3,(H2,15,16,17). The summed E-state index contributed by atoms with van der Waals surface area (Å²) in [6, 6.07) is 3.23. The average Bonchev–Trinajstić information content (AvgIpc) is 2.82. The normalized spacial score (nSPS) is 16.8. The van der Waals surface area contributed by atoms with Crippen LogP contribution in [0.5, 0.6) is 5.75 Å². The molecule has 0 saturated heterocycles. The highest BCUT2D eigenvalue weighted by Crippen LogP contribution is 2.29. The van der Waals surface area contributed by atoms with Gasteiger partial charge in [-0.2, -0.15) is 0 Å². The highest BCUT2D eigenvalue weighted by atomic mass is 32.2. The van der Waals surface area contributed by atoms with Gasteiger partial charge in [0.2, 0.25) is 10.0 Å². The van der Waals surface area contributed by atoms with Gasteiger partial charge in [-0.05, 0) is 55.9 Å². The number of ether oxygens (including phenoxy) is 1. The van der Waals surface area contributed by atoms with Crippen LogP contribution in [-0.2, 0) is 10.0 Å². The molecule has 2 rings (SSSR count). The van der Waals surface area contributed by atoms with Gasteiger partial charge >= 0.3 is 0 Å². The Kier molecular flexibility index (Phi) is 4.16. The molecule has 0 radical (unpaired) electrons. The highest BCUT2D eigenvalue weighted by Gasteiger charge is 2.18. The topological polar surface area (TPSA) is 69.4 Å². The third-order valence-corrected chi connectivity index (χ3v) is 5.00. The zero-order valence-electron chi connectivity index (χ0n) is 11.5. The van der Waals surface area contributed by atoms with Crippen molar-refractivity contribution in [2.75, 3.05) is 6.61 Å². The average molecular weight is 283 g/mol. The Labute approximate surface area is 115 Å². The van der Waals surface area contributed by atoms with E-state index in [1.54, 1.807) is 13.0 Å². The van der Waals surface area contributed by atoms with Gasteiger partial charge < -0.3 is 4.74 Å². The molecular weight excluding hydrogens is 262 g/mol. The summed E-state index contributed by atoms with van der Waals surface area (Å²) in [4.78, 5) is 0.179. The first-order valence-electron chi connectivity index (χ1n) is 6.65. The lowest BCUT2D eigenvalue weighted by atomic mass is 10.1.